The van der Waals surface area contributed by atoms with Gasteiger partial charge in [-0.2, -0.15) is 0 Å². The van der Waals surface area contributed by atoms with E-state index in [0.29, 0.717) is 6.61 Å². The Kier molecular flexibility index (Phi) is 11.9. The summed E-state index contributed by atoms with van der Waals surface area (Å²) < 4.78 is 0. The maximum Gasteiger partial charge on any atom is 0.0431 e. The van der Waals surface area contributed by atoms with Crippen molar-refractivity contribution in [2.45, 2.75) is 65.2 Å². The van der Waals surface area contributed by atoms with Crippen LogP contribution in [0.25, 0.3) is 0 Å². The number of aliphatic hydroxyl groups excluding tert-OH is 1. The summed E-state index contributed by atoms with van der Waals surface area (Å²) >= 11 is 0. The van der Waals surface area contributed by atoms with E-state index in [4.69, 9.17) is 5.11 Å². The van der Waals surface area contributed by atoms with Crippen LogP contribution in [0.2, 0.25) is 0 Å². The lowest BCUT2D eigenvalue weighted by atomic mass is 10.1. The second-order valence-electron chi connectivity index (χ2n) is 4.25. The monoisotopic (exact) mass is 225 g/mol. The van der Waals surface area contributed by atoms with Crippen molar-refractivity contribution in [3.05, 3.63) is 12.3 Å². The van der Waals surface area contributed by atoms with Crippen LogP contribution < -0.4 is 0 Å². The highest BCUT2D eigenvalue weighted by Gasteiger charge is 1.93. The Labute approximate surface area is 100 Å². The van der Waals surface area contributed by atoms with E-state index in [2.05, 4.69) is 24.9 Å². The van der Waals surface area contributed by atoms with Crippen LogP contribution in [0, 0.1) is 0 Å². The van der Waals surface area contributed by atoms with Gasteiger partial charge >= 0.3 is 0 Å². The van der Waals surface area contributed by atoms with Gasteiger partial charge in [0.05, 0.1) is 0 Å². The minimum Gasteiger partial charge on any atom is -0.396 e. The molecule has 0 unspecified atom stereocenters. The molecule has 0 aliphatic heterocycles. The first-order valence-corrected chi connectivity index (χ1v) is 6.60. The Morgan fingerprint density at radius 1 is 1.06 bits per heavy atom. The first-order valence-electron chi connectivity index (χ1n) is 6.60. The lowest BCUT2D eigenvalue weighted by molar-refractivity contribution is 0.282. The molecule has 0 heterocycles. The van der Waals surface area contributed by atoms with E-state index in [9.17, 15) is 0 Å². The molecule has 94 valence electrons. The third-order valence-electron chi connectivity index (χ3n) is 2.58. The number of aliphatic imine (C=N–C) groups is 1. The molecule has 0 aromatic carbocycles. The van der Waals surface area contributed by atoms with Crippen molar-refractivity contribution >= 4 is 5.71 Å². The highest BCUT2D eigenvalue weighted by atomic mass is 16.2. The molecule has 0 saturated carbocycles. The molecule has 0 amide bonds. The second kappa shape index (κ2) is 12.4. The number of unbranched alkanes of at least 4 members (excludes halogenated alkanes) is 5. The summed E-state index contributed by atoms with van der Waals surface area (Å²) in [5, 5.41) is 8.62. The largest absolute Gasteiger partial charge is 0.396 e. The Balaban J connectivity index is 3.30. The summed E-state index contributed by atoms with van der Waals surface area (Å²) in [4.78, 5) is 4.36. The van der Waals surface area contributed by atoms with Gasteiger partial charge in [-0.3, -0.25) is 4.99 Å². The van der Waals surface area contributed by atoms with E-state index in [1.807, 2.05) is 6.20 Å². The molecule has 0 radical (unpaired) electrons. The molecule has 0 bridgehead atoms. The summed E-state index contributed by atoms with van der Waals surface area (Å²) in [5.74, 6) is 0. The highest BCUT2D eigenvalue weighted by Crippen LogP contribution is 2.07. The fourth-order valence-electron chi connectivity index (χ4n) is 1.55. The van der Waals surface area contributed by atoms with Crippen molar-refractivity contribution in [1.29, 1.82) is 0 Å². The third kappa shape index (κ3) is 11.4. The van der Waals surface area contributed by atoms with Gasteiger partial charge in [-0.15, -0.1) is 0 Å². The first kappa shape index (κ1) is 15.4. The Morgan fingerprint density at radius 2 is 1.69 bits per heavy atom. The molecular weight excluding hydrogens is 198 g/mol. The number of aliphatic hydroxyl groups is 1. The van der Waals surface area contributed by atoms with Crippen molar-refractivity contribution in [2.75, 3.05) is 6.61 Å². The van der Waals surface area contributed by atoms with Gasteiger partial charge in [-0.05, 0) is 32.6 Å². The molecule has 0 aliphatic rings. The van der Waals surface area contributed by atoms with Gasteiger partial charge in [-0.25, -0.2) is 0 Å². The van der Waals surface area contributed by atoms with Crippen molar-refractivity contribution in [2.24, 2.45) is 4.99 Å². The molecule has 0 atom stereocenters. The minimum absolute atomic E-state index is 0.343. The van der Waals surface area contributed by atoms with E-state index in [1.165, 1.54) is 37.8 Å². The average Bonchev–Trinajstić information content (AvgIpc) is 2.28. The second-order valence-corrected chi connectivity index (χ2v) is 4.25. The predicted molar refractivity (Wildman–Crippen MR) is 71.9 cm³/mol. The standard InChI is InChI=1S/C14H27NO/c1-3-4-12-15-14(2)11-9-7-5-6-8-10-13-16/h4,12,16H,3,5-11,13H2,1-2H3/b12-4-,15-14?. The van der Waals surface area contributed by atoms with E-state index in [1.54, 1.807) is 0 Å². The first-order chi connectivity index (χ1) is 7.81. The zero-order valence-electron chi connectivity index (χ0n) is 10.9. The Bertz CT molecular complexity index is 197. The van der Waals surface area contributed by atoms with Gasteiger partial charge in [0.15, 0.2) is 0 Å². The van der Waals surface area contributed by atoms with Crippen LogP contribution >= 0.6 is 0 Å². The SMILES string of the molecule is CC/C=C\N=C(C)CCCCCCCCO. The van der Waals surface area contributed by atoms with Crippen molar-refractivity contribution in [3.63, 3.8) is 0 Å². The number of nitrogens with zero attached hydrogens (tertiary/aromatic N) is 1. The van der Waals surface area contributed by atoms with Crippen LogP contribution in [0.1, 0.15) is 65.2 Å². The summed E-state index contributed by atoms with van der Waals surface area (Å²) in [6, 6.07) is 0. The predicted octanol–water partition coefficient (Wildman–Crippen LogP) is 4.09. The lowest BCUT2D eigenvalue weighted by Gasteiger charge is -2.00. The van der Waals surface area contributed by atoms with E-state index < -0.39 is 0 Å². The van der Waals surface area contributed by atoms with Crippen molar-refractivity contribution < 1.29 is 5.11 Å². The van der Waals surface area contributed by atoms with Crippen LogP contribution in [-0.4, -0.2) is 17.4 Å². The Hall–Kier alpha value is -0.630. The van der Waals surface area contributed by atoms with Gasteiger partial charge in [0.2, 0.25) is 0 Å². The molecule has 0 fully saturated rings. The smallest absolute Gasteiger partial charge is 0.0431 e. The molecule has 0 spiro atoms. The van der Waals surface area contributed by atoms with Gasteiger partial charge in [-0.1, -0.05) is 38.7 Å². The van der Waals surface area contributed by atoms with Gasteiger partial charge in [0.1, 0.15) is 0 Å². The van der Waals surface area contributed by atoms with E-state index in [0.717, 1.165) is 19.3 Å². The molecular formula is C14H27NO. The van der Waals surface area contributed by atoms with Crippen LogP contribution in [0.5, 0.6) is 0 Å². The van der Waals surface area contributed by atoms with Gasteiger partial charge < -0.3 is 5.11 Å². The van der Waals surface area contributed by atoms with Gasteiger partial charge in [0, 0.05) is 18.5 Å². The van der Waals surface area contributed by atoms with Crippen molar-refractivity contribution in [3.8, 4) is 0 Å². The maximum absolute atomic E-state index is 8.62. The summed E-state index contributed by atoms with van der Waals surface area (Å²) in [7, 11) is 0. The molecule has 2 nitrogen and oxygen atoms in total. The molecule has 1 N–H and O–H groups in total. The number of allylic oxidation sites excluding steroid dienone is 1. The number of hydrogen-bond acceptors (Lipinski definition) is 2. The van der Waals surface area contributed by atoms with Crippen LogP contribution in [0.3, 0.4) is 0 Å². The molecule has 0 rings (SSSR count). The molecule has 16 heavy (non-hydrogen) atoms. The van der Waals surface area contributed by atoms with E-state index in [-0.39, 0.29) is 0 Å². The molecule has 0 aromatic heterocycles. The molecule has 0 saturated heterocycles. The maximum atomic E-state index is 8.62. The normalized spacial score (nSPS) is 12.6. The molecule has 0 aliphatic carbocycles. The van der Waals surface area contributed by atoms with Gasteiger partial charge in [0.25, 0.3) is 0 Å². The molecule has 0 aromatic rings. The van der Waals surface area contributed by atoms with E-state index >= 15 is 0 Å². The zero-order valence-corrected chi connectivity index (χ0v) is 10.9. The number of hydrogen-bond donors (Lipinski definition) is 1. The topological polar surface area (TPSA) is 32.6 Å². The molecule has 2 heteroatoms. The third-order valence-corrected chi connectivity index (χ3v) is 2.58. The summed E-state index contributed by atoms with van der Waals surface area (Å²) in [6.07, 6.45) is 13.4. The van der Waals surface area contributed by atoms with Crippen LogP contribution in [-0.2, 0) is 0 Å². The fraction of sp³-hybridized carbons (Fsp3) is 0.786. The quantitative estimate of drug-likeness (QED) is 0.441. The number of rotatable bonds is 10. The van der Waals surface area contributed by atoms with Crippen molar-refractivity contribution in [1.82, 2.24) is 0 Å². The lowest BCUT2D eigenvalue weighted by Crippen LogP contribution is -1.90. The Morgan fingerprint density at radius 3 is 2.31 bits per heavy atom. The zero-order chi connectivity index (χ0) is 12.1. The fourth-order valence-corrected chi connectivity index (χ4v) is 1.55. The van der Waals surface area contributed by atoms with Crippen LogP contribution in [0.4, 0.5) is 0 Å². The highest BCUT2D eigenvalue weighted by molar-refractivity contribution is 5.82. The minimum atomic E-state index is 0.343. The summed E-state index contributed by atoms with van der Waals surface area (Å²) in [6.45, 7) is 4.56. The average molecular weight is 225 g/mol. The summed E-state index contributed by atoms with van der Waals surface area (Å²) in [5.41, 5.74) is 1.24. The van der Waals surface area contributed by atoms with Crippen LogP contribution in [0.15, 0.2) is 17.3 Å².